The maximum atomic E-state index is 8.72. The van der Waals surface area contributed by atoms with Crippen LogP contribution < -0.4 is 5.32 Å². The Kier molecular flexibility index (Phi) is 3.51. The molecule has 3 heteroatoms. The molecular weight excluding hydrogens is 150 g/mol. The van der Waals surface area contributed by atoms with Crippen LogP contribution in [0.3, 0.4) is 0 Å². The van der Waals surface area contributed by atoms with E-state index < -0.39 is 0 Å². The zero-order chi connectivity index (χ0) is 8.97. The molecule has 1 rings (SSSR count). The third-order valence-electron chi connectivity index (χ3n) is 2.58. The monoisotopic (exact) mass is 167 g/mol. The summed E-state index contributed by atoms with van der Waals surface area (Å²) in [7, 11) is 0. The number of hydrogen-bond acceptors (Lipinski definition) is 3. The summed E-state index contributed by atoms with van der Waals surface area (Å²) in [4.78, 5) is 2.38. The number of nitrogens with one attached hydrogen (secondary N) is 1. The first-order valence-electron chi connectivity index (χ1n) is 4.65. The molecule has 12 heavy (non-hydrogen) atoms. The summed E-state index contributed by atoms with van der Waals surface area (Å²) in [5.41, 5.74) is 0. The van der Waals surface area contributed by atoms with E-state index in [-0.39, 0.29) is 6.04 Å². The van der Waals surface area contributed by atoms with E-state index in [9.17, 15) is 0 Å². The zero-order valence-corrected chi connectivity index (χ0v) is 7.88. The summed E-state index contributed by atoms with van der Waals surface area (Å²) in [6.45, 7) is 7.31. The van der Waals surface area contributed by atoms with Crippen LogP contribution >= 0.6 is 0 Å². The van der Waals surface area contributed by atoms with Gasteiger partial charge in [0.15, 0.2) is 0 Å². The van der Waals surface area contributed by atoms with Gasteiger partial charge in [-0.2, -0.15) is 5.26 Å². The maximum absolute atomic E-state index is 8.72. The van der Waals surface area contributed by atoms with Crippen LogP contribution in [0, 0.1) is 11.3 Å². The fourth-order valence-electron chi connectivity index (χ4n) is 1.52. The van der Waals surface area contributed by atoms with Crippen molar-refractivity contribution < 1.29 is 0 Å². The molecule has 0 aliphatic carbocycles. The Morgan fingerprint density at radius 1 is 1.75 bits per heavy atom. The largest absolute Gasteiger partial charge is 0.300 e. The third kappa shape index (κ3) is 2.20. The molecule has 0 spiro atoms. The van der Waals surface area contributed by atoms with Crippen molar-refractivity contribution in [2.24, 2.45) is 0 Å². The smallest absolute Gasteiger partial charge is 0.108 e. The summed E-state index contributed by atoms with van der Waals surface area (Å²) in [5.74, 6) is 0. The van der Waals surface area contributed by atoms with Crippen molar-refractivity contribution in [2.75, 3.05) is 19.6 Å². The lowest BCUT2D eigenvalue weighted by atomic mass is 10.1. The lowest BCUT2D eigenvalue weighted by Gasteiger charge is -2.34. The van der Waals surface area contributed by atoms with Gasteiger partial charge in [-0.1, -0.05) is 6.92 Å². The van der Waals surface area contributed by atoms with Crippen LogP contribution in [-0.2, 0) is 0 Å². The average molecular weight is 167 g/mol. The fraction of sp³-hybridized carbons (Fsp3) is 0.889. The molecule has 0 amide bonds. The molecule has 2 atom stereocenters. The lowest BCUT2D eigenvalue weighted by Crippen LogP contribution is -2.52. The van der Waals surface area contributed by atoms with Crippen LogP contribution in [0.5, 0.6) is 0 Å². The van der Waals surface area contributed by atoms with Crippen LogP contribution in [0.1, 0.15) is 20.3 Å². The van der Waals surface area contributed by atoms with Gasteiger partial charge < -0.3 is 0 Å². The van der Waals surface area contributed by atoms with Gasteiger partial charge in [-0.25, -0.2) is 0 Å². The van der Waals surface area contributed by atoms with Gasteiger partial charge in [0, 0.05) is 25.7 Å². The molecule has 0 aromatic rings. The van der Waals surface area contributed by atoms with Gasteiger partial charge in [0.05, 0.1) is 6.07 Å². The second-order valence-electron chi connectivity index (χ2n) is 3.39. The first-order valence-corrected chi connectivity index (χ1v) is 4.65. The molecule has 68 valence electrons. The van der Waals surface area contributed by atoms with E-state index in [1.54, 1.807) is 0 Å². The van der Waals surface area contributed by atoms with Crippen molar-refractivity contribution >= 4 is 0 Å². The van der Waals surface area contributed by atoms with Crippen molar-refractivity contribution in [1.29, 1.82) is 5.26 Å². The second kappa shape index (κ2) is 4.44. The molecule has 0 saturated carbocycles. The first-order chi connectivity index (χ1) is 5.77. The molecule has 1 N–H and O–H groups in total. The van der Waals surface area contributed by atoms with Crippen LogP contribution in [0.2, 0.25) is 0 Å². The summed E-state index contributed by atoms with van der Waals surface area (Å²) < 4.78 is 0. The van der Waals surface area contributed by atoms with Crippen LogP contribution in [-0.4, -0.2) is 36.6 Å². The number of nitrogens with zero attached hydrogens (tertiary/aromatic N) is 2. The molecule has 1 aliphatic rings. The number of hydrogen-bond donors (Lipinski definition) is 1. The Morgan fingerprint density at radius 3 is 3.08 bits per heavy atom. The molecule has 1 heterocycles. The molecule has 1 saturated heterocycles. The molecule has 0 unspecified atom stereocenters. The Labute approximate surface area is 74.4 Å². The highest BCUT2D eigenvalue weighted by molar-refractivity contribution is 4.95. The van der Waals surface area contributed by atoms with Crippen molar-refractivity contribution in [2.45, 2.75) is 32.4 Å². The molecule has 3 nitrogen and oxygen atoms in total. The van der Waals surface area contributed by atoms with Crippen molar-refractivity contribution in [3.63, 3.8) is 0 Å². The Morgan fingerprint density at radius 2 is 2.50 bits per heavy atom. The van der Waals surface area contributed by atoms with Crippen LogP contribution in [0.4, 0.5) is 0 Å². The van der Waals surface area contributed by atoms with Crippen LogP contribution in [0.15, 0.2) is 0 Å². The van der Waals surface area contributed by atoms with Crippen molar-refractivity contribution in [3.05, 3.63) is 0 Å². The highest BCUT2D eigenvalue weighted by Gasteiger charge is 2.21. The van der Waals surface area contributed by atoms with Gasteiger partial charge in [-0.3, -0.25) is 10.2 Å². The predicted molar refractivity (Wildman–Crippen MR) is 48.7 cm³/mol. The van der Waals surface area contributed by atoms with E-state index in [4.69, 9.17) is 5.26 Å². The molecular formula is C9H17N3. The van der Waals surface area contributed by atoms with E-state index >= 15 is 0 Å². The minimum atomic E-state index is 0.0350. The topological polar surface area (TPSA) is 39.1 Å². The van der Waals surface area contributed by atoms with Gasteiger partial charge in [0.1, 0.15) is 6.04 Å². The fourth-order valence-corrected chi connectivity index (χ4v) is 1.52. The predicted octanol–water partition coefficient (Wildman–Crippen LogP) is 0.582. The molecule has 0 radical (unpaired) electrons. The van der Waals surface area contributed by atoms with Crippen molar-refractivity contribution in [3.8, 4) is 6.07 Å². The highest BCUT2D eigenvalue weighted by atomic mass is 15.2. The van der Waals surface area contributed by atoms with E-state index in [0.717, 1.165) is 26.1 Å². The summed E-state index contributed by atoms with van der Waals surface area (Å²) in [6.07, 6.45) is 1.16. The number of piperazine rings is 1. The molecule has 1 aliphatic heterocycles. The lowest BCUT2D eigenvalue weighted by molar-refractivity contribution is 0.164. The third-order valence-corrected chi connectivity index (χ3v) is 2.58. The number of rotatable bonds is 2. The standard InChI is InChI=1S/C9H17N3/c1-3-8(2)12-5-4-11-9(6-10)7-12/h8-9,11H,3-5,7H2,1-2H3/t8-,9+/m0/s1. The maximum Gasteiger partial charge on any atom is 0.108 e. The van der Waals surface area contributed by atoms with E-state index in [0.29, 0.717) is 6.04 Å². The van der Waals surface area contributed by atoms with Crippen molar-refractivity contribution in [1.82, 2.24) is 10.2 Å². The molecule has 0 bridgehead atoms. The zero-order valence-electron chi connectivity index (χ0n) is 7.88. The Bertz CT molecular complexity index is 173. The van der Waals surface area contributed by atoms with Gasteiger partial charge in [-0.15, -0.1) is 0 Å². The normalized spacial score (nSPS) is 27.9. The summed E-state index contributed by atoms with van der Waals surface area (Å²) in [6, 6.07) is 2.91. The minimum Gasteiger partial charge on any atom is -0.300 e. The molecule has 1 fully saturated rings. The van der Waals surface area contributed by atoms with E-state index in [2.05, 4.69) is 30.1 Å². The highest BCUT2D eigenvalue weighted by Crippen LogP contribution is 2.06. The Hall–Kier alpha value is -0.590. The van der Waals surface area contributed by atoms with Gasteiger partial charge in [-0.05, 0) is 13.3 Å². The molecule has 0 aromatic heterocycles. The molecule has 0 aromatic carbocycles. The summed E-state index contributed by atoms with van der Waals surface area (Å²) in [5, 5.41) is 11.9. The average Bonchev–Trinajstić information content (AvgIpc) is 2.17. The summed E-state index contributed by atoms with van der Waals surface area (Å²) >= 11 is 0. The second-order valence-corrected chi connectivity index (χ2v) is 3.39. The SMILES string of the molecule is CC[C@H](C)N1CCN[C@H](C#N)C1. The van der Waals surface area contributed by atoms with Crippen LogP contribution in [0.25, 0.3) is 0 Å². The Balaban J connectivity index is 2.41. The first kappa shape index (κ1) is 9.50. The quantitative estimate of drug-likeness (QED) is 0.654. The van der Waals surface area contributed by atoms with E-state index in [1.165, 1.54) is 0 Å². The minimum absolute atomic E-state index is 0.0350. The number of nitriles is 1. The van der Waals surface area contributed by atoms with Gasteiger partial charge in [0.25, 0.3) is 0 Å². The van der Waals surface area contributed by atoms with Gasteiger partial charge >= 0.3 is 0 Å². The van der Waals surface area contributed by atoms with Gasteiger partial charge in [0.2, 0.25) is 0 Å². The van der Waals surface area contributed by atoms with E-state index in [1.807, 2.05) is 0 Å².